The number of aliphatic hydroxyl groups excluding tert-OH is 2. The number of benzene rings is 1. The van der Waals surface area contributed by atoms with Crippen molar-refractivity contribution in [3.05, 3.63) is 23.2 Å². The van der Waals surface area contributed by atoms with Crippen LogP contribution in [0.15, 0.2) is 23.1 Å². The second kappa shape index (κ2) is 5.41. The molecule has 0 aliphatic heterocycles. The molecule has 0 radical (unpaired) electrons. The standard InChI is InChI=1S/C10H15ClN2O4S/c1-10(5-14,6-15)13-18(16,17)7-2-3-8(11)9(12)4-7/h2-4,13-15H,5-6,12H2,1H3. The minimum atomic E-state index is -3.89. The first-order valence-electron chi connectivity index (χ1n) is 5.05. The Labute approximate surface area is 110 Å². The smallest absolute Gasteiger partial charge is 0.241 e. The van der Waals surface area contributed by atoms with Crippen molar-refractivity contribution >= 4 is 27.3 Å². The van der Waals surface area contributed by atoms with Crippen LogP contribution in [0.2, 0.25) is 5.02 Å². The van der Waals surface area contributed by atoms with Crippen molar-refractivity contribution in [1.82, 2.24) is 4.72 Å². The van der Waals surface area contributed by atoms with Crippen LogP contribution in [0.3, 0.4) is 0 Å². The summed E-state index contributed by atoms with van der Waals surface area (Å²) < 4.78 is 26.2. The third-order valence-corrected chi connectivity index (χ3v) is 4.34. The van der Waals surface area contributed by atoms with Gasteiger partial charge in [0.05, 0.1) is 34.4 Å². The van der Waals surface area contributed by atoms with E-state index < -0.39 is 28.8 Å². The predicted molar refractivity (Wildman–Crippen MR) is 68.8 cm³/mol. The van der Waals surface area contributed by atoms with Gasteiger partial charge in [-0.05, 0) is 25.1 Å². The Balaban J connectivity index is 3.10. The maximum absolute atomic E-state index is 12.0. The van der Waals surface area contributed by atoms with Crippen molar-refractivity contribution in [3.8, 4) is 0 Å². The van der Waals surface area contributed by atoms with Gasteiger partial charge in [-0.25, -0.2) is 13.1 Å². The van der Waals surface area contributed by atoms with Crippen LogP contribution in [-0.4, -0.2) is 37.4 Å². The minimum Gasteiger partial charge on any atom is -0.397 e. The molecule has 1 rings (SSSR count). The molecule has 0 heterocycles. The van der Waals surface area contributed by atoms with E-state index >= 15 is 0 Å². The number of anilines is 1. The predicted octanol–water partition coefficient (Wildman–Crippen LogP) is -0.0562. The summed E-state index contributed by atoms with van der Waals surface area (Å²) >= 11 is 5.70. The van der Waals surface area contributed by atoms with Gasteiger partial charge in [0.2, 0.25) is 10.0 Å². The lowest BCUT2D eigenvalue weighted by molar-refractivity contribution is 0.122. The molecule has 0 unspecified atom stereocenters. The van der Waals surface area contributed by atoms with Crippen LogP contribution in [0.4, 0.5) is 5.69 Å². The highest BCUT2D eigenvalue weighted by Gasteiger charge is 2.29. The van der Waals surface area contributed by atoms with Gasteiger partial charge in [0.25, 0.3) is 0 Å². The van der Waals surface area contributed by atoms with E-state index in [0.717, 1.165) is 0 Å². The molecule has 0 saturated carbocycles. The third kappa shape index (κ3) is 3.33. The molecule has 6 nitrogen and oxygen atoms in total. The first kappa shape index (κ1) is 15.2. The summed E-state index contributed by atoms with van der Waals surface area (Å²) in [5.41, 5.74) is 4.32. The molecule has 0 aliphatic rings. The van der Waals surface area contributed by atoms with Crippen molar-refractivity contribution < 1.29 is 18.6 Å². The van der Waals surface area contributed by atoms with Gasteiger partial charge in [0.15, 0.2) is 0 Å². The highest BCUT2D eigenvalue weighted by molar-refractivity contribution is 7.89. The van der Waals surface area contributed by atoms with Gasteiger partial charge in [-0.1, -0.05) is 11.6 Å². The monoisotopic (exact) mass is 294 g/mol. The summed E-state index contributed by atoms with van der Waals surface area (Å²) in [5, 5.41) is 18.4. The van der Waals surface area contributed by atoms with Crippen LogP contribution in [0, 0.1) is 0 Å². The van der Waals surface area contributed by atoms with E-state index in [0.29, 0.717) is 0 Å². The lowest BCUT2D eigenvalue weighted by atomic mass is 10.1. The second-order valence-corrected chi connectivity index (χ2v) is 6.26. The second-order valence-electron chi connectivity index (χ2n) is 4.17. The van der Waals surface area contributed by atoms with Crippen LogP contribution in [0.25, 0.3) is 0 Å². The average Bonchev–Trinajstić information content (AvgIpc) is 2.32. The third-order valence-electron chi connectivity index (χ3n) is 2.36. The van der Waals surface area contributed by atoms with Crippen LogP contribution in [0.5, 0.6) is 0 Å². The summed E-state index contributed by atoms with van der Waals surface area (Å²) in [7, 11) is -3.89. The Hall–Kier alpha value is -0.860. The number of aliphatic hydroxyl groups is 2. The Bertz CT molecular complexity index is 529. The lowest BCUT2D eigenvalue weighted by Gasteiger charge is -2.25. The summed E-state index contributed by atoms with van der Waals surface area (Å²) in [5.74, 6) is 0. The van der Waals surface area contributed by atoms with Gasteiger partial charge in [0.1, 0.15) is 0 Å². The molecule has 0 bridgehead atoms. The largest absolute Gasteiger partial charge is 0.397 e. The summed E-state index contributed by atoms with van der Waals surface area (Å²) in [6.07, 6.45) is 0. The number of hydrogen-bond donors (Lipinski definition) is 4. The van der Waals surface area contributed by atoms with Crippen molar-refractivity contribution in [2.24, 2.45) is 0 Å². The van der Waals surface area contributed by atoms with E-state index in [1.807, 2.05) is 0 Å². The average molecular weight is 295 g/mol. The quantitative estimate of drug-likeness (QED) is 0.569. The molecule has 0 amide bonds. The number of nitrogens with one attached hydrogen (secondary N) is 1. The summed E-state index contributed by atoms with van der Waals surface area (Å²) in [6, 6.07) is 3.86. The van der Waals surface area contributed by atoms with Crippen LogP contribution in [-0.2, 0) is 10.0 Å². The molecule has 8 heteroatoms. The lowest BCUT2D eigenvalue weighted by Crippen LogP contribution is -2.51. The highest BCUT2D eigenvalue weighted by atomic mass is 35.5. The zero-order valence-corrected chi connectivity index (χ0v) is 11.3. The molecular weight excluding hydrogens is 280 g/mol. The maximum atomic E-state index is 12.0. The molecule has 0 atom stereocenters. The van der Waals surface area contributed by atoms with Crippen LogP contribution >= 0.6 is 11.6 Å². The number of nitrogen functional groups attached to an aromatic ring is 1. The van der Waals surface area contributed by atoms with Gasteiger partial charge >= 0.3 is 0 Å². The Morgan fingerprint density at radius 1 is 1.39 bits per heavy atom. The fraction of sp³-hybridized carbons (Fsp3) is 0.400. The van der Waals surface area contributed by atoms with E-state index in [4.69, 9.17) is 27.5 Å². The zero-order chi connectivity index (χ0) is 14.0. The molecule has 18 heavy (non-hydrogen) atoms. The number of rotatable bonds is 5. The van der Waals surface area contributed by atoms with Gasteiger partial charge in [-0.2, -0.15) is 0 Å². The number of nitrogens with two attached hydrogens (primary N) is 1. The molecule has 5 N–H and O–H groups in total. The Morgan fingerprint density at radius 3 is 2.39 bits per heavy atom. The fourth-order valence-corrected chi connectivity index (χ4v) is 2.73. The topological polar surface area (TPSA) is 113 Å². The maximum Gasteiger partial charge on any atom is 0.241 e. The van der Waals surface area contributed by atoms with Crippen LogP contribution < -0.4 is 10.5 Å². The highest BCUT2D eigenvalue weighted by Crippen LogP contribution is 2.22. The van der Waals surface area contributed by atoms with Gasteiger partial charge in [0, 0.05) is 0 Å². The first-order valence-corrected chi connectivity index (χ1v) is 6.91. The molecule has 1 aromatic carbocycles. The molecule has 102 valence electrons. The van der Waals surface area contributed by atoms with E-state index in [9.17, 15) is 8.42 Å². The fourth-order valence-electron chi connectivity index (χ4n) is 1.19. The SMILES string of the molecule is CC(CO)(CO)NS(=O)(=O)c1ccc(Cl)c(N)c1. The Kier molecular flexibility index (Phi) is 4.57. The van der Waals surface area contributed by atoms with E-state index in [2.05, 4.69) is 4.72 Å². The first-order chi connectivity index (χ1) is 8.24. The van der Waals surface area contributed by atoms with Crippen molar-refractivity contribution in [2.75, 3.05) is 18.9 Å². The molecule has 0 aromatic heterocycles. The van der Waals surface area contributed by atoms with Gasteiger partial charge in [-0.15, -0.1) is 0 Å². The molecular formula is C10H15ClN2O4S. The normalized spacial score (nSPS) is 12.7. The Morgan fingerprint density at radius 2 is 1.94 bits per heavy atom. The minimum absolute atomic E-state index is 0.0856. The number of halogens is 1. The van der Waals surface area contributed by atoms with Gasteiger partial charge in [-0.3, -0.25) is 0 Å². The summed E-state index contributed by atoms with van der Waals surface area (Å²) in [4.78, 5) is -0.0856. The van der Waals surface area contributed by atoms with E-state index in [1.54, 1.807) is 0 Å². The van der Waals surface area contributed by atoms with Crippen molar-refractivity contribution in [3.63, 3.8) is 0 Å². The van der Waals surface area contributed by atoms with E-state index in [-0.39, 0.29) is 15.6 Å². The van der Waals surface area contributed by atoms with Crippen LogP contribution in [0.1, 0.15) is 6.92 Å². The number of sulfonamides is 1. The molecule has 0 aliphatic carbocycles. The number of hydrogen-bond acceptors (Lipinski definition) is 5. The molecule has 1 aromatic rings. The molecule has 0 saturated heterocycles. The van der Waals surface area contributed by atoms with E-state index in [1.165, 1.54) is 25.1 Å². The van der Waals surface area contributed by atoms with Gasteiger partial charge < -0.3 is 15.9 Å². The zero-order valence-electron chi connectivity index (χ0n) is 9.72. The van der Waals surface area contributed by atoms with Crippen molar-refractivity contribution in [1.29, 1.82) is 0 Å². The molecule has 0 spiro atoms. The van der Waals surface area contributed by atoms with Crippen molar-refractivity contribution in [2.45, 2.75) is 17.4 Å². The summed E-state index contributed by atoms with van der Waals surface area (Å²) in [6.45, 7) is 0.307. The molecule has 0 fully saturated rings.